The van der Waals surface area contributed by atoms with Gasteiger partial charge in [-0.3, -0.25) is 0 Å². The lowest BCUT2D eigenvalue weighted by molar-refractivity contribution is 0.457. The van der Waals surface area contributed by atoms with Crippen molar-refractivity contribution in [3.05, 3.63) is 29.6 Å². The third-order valence-corrected chi connectivity index (χ3v) is 5.04. The highest BCUT2D eigenvalue weighted by molar-refractivity contribution is 6.09. The maximum Gasteiger partial charge on any atom is 0.0696 e. The van der Waals surface area contributed by atoms with Crippen LogP contribution in [0.5, 0.6) is 0 Å². The lowest BCUT2D eigenvalue weighted by Crippen LogP contribution is -2.08. The topological polar surface area (TPSA) is 40.2 Å². The molecule has 2 aliphatic rings. The smallest absolute Gasteiger partial charge is 0.0696 e. The maximum absolute atomic E-state index is 4.54. The fourth-order valence-corrected chi connectivity index (χ4v) is 3.25. The Morgan fingerprint density at radius 2 is 2.00 bits per heavy atom. The van der Waals surface area contributed by atoms with Gasteiger partial charge in [-0.05, 0) is 34.6 Å². The number of aromatic amines is 1. The molecule has 3 heteroatoms. The molecule has 3 rings (SSSR count). The Balaban J connectivity index is 1.90. The summed E-state index contributed by atoms with van der Waals surface area (Å²) in [5.74, 6) is 0.557. The van der Waals surface area contributed by atoms with Crippen LogP contribution in [0.25, 0.3) is 6.08 Å². The molecule has 0 aromatic carbocycles. The lowest BCUT2D eigenvalue weighted by atomic mass is 10.0. The zero-order valence-electron chi connectivity index (χ0n) is 11.5. The van der Waals surface area contributed by atoms with Gasteiger partial charge < -0.3 is 10.4 Å². The van der Waals surface area contributed by atoms with E-state index in [1.807, 2.05) is 12.3 Å². The second-order valence-corrected chi connectivity index (χ2v) is 6.50. The summed E-state index contributed by atoms with van der Waals surface area (Å²) in [6, 6.07) is 4.11. The van der Waals surface area contributed by atoms with Gasteiger partial charge in [-0.2, -0.15) is 5.10 Å². The van der Waals surface area contributed by atoms with Gasteiger partial charge in [-0.15, -0.1) is 0 Å². The first-order chi connectivity index (χ1) is 8.44. The molecule has 96 valence electrons. The van der Waals surface area contributed by atoms with E-state index in [1.54, 1.807) is 0 Å². The van der Waals surface area contributed by atoms with Gasteiger partial charge >= 0.3 is 0 Å². The summed E-state index contributed by atoms with van der Waals surface area (Å²) >= 11 is 0. The maximum atomic E-state index is 4.54. The number of nitrogens with one attached hydrogen (secondary N) is 2. The monoisotopic (exact) mass is 243 g/mol. The van der Waals surface area contributed by atoms with Crippen LogP contribution in [-0.2, 0) is 0 Å². The molecule has 1 aliphatic heterocycles. The first-order valence-corrected chi connectivity index (χ1v) is 6.59. The zero-order chi connectivity index (χ0) is 13.0. The van der Waals surface area contributed by atoms with E-state index in [9.17, 15) is 0 Å². The van der Waals surface area contributed by atoms with E-state index in [-0.39, 0.29) is 0 Å². The average Bonchev–Trinajstić information content (AvgIpc) is 2.81. The van der Waals surface area contributed by atoms with E-state index < -0.39 is 0 Å². The van der Waals surface area contributed by atoms with Crippen molar-refractivity contribution >= 4 is 11.8 Å². The molecule has 1 aliphatic carbocycles. The largest absolute Gasteiger partial charge is 0.362 e. The fourth-order valence-electron chi connectivity index (χ4n) is 3.25. The second kappa shape index (κ2) is 3.50. The van der Waals surface area contributed by atoms with Crippen molar-refractivity contribution in [2.45, 2.75) is 27.7 Å². The Labute approximate surface area is 108 Å². The summed E-state index contributed by atoms with van der Waals surface area (Å²) < 4.78 is 0. The van der Waals surface area contributed by atoms with E-state index in [0.29, 0.717) is 16.7 Å². The molecule has 3 nitrogen and oxygen atoms in total. The Hall–Kier alpha value is -1.51. The number of rotatable bonds is 2. The SMILES string of the molecule is CC1(C)C(C2=NNCC2=Cc2ccc[nH]2)C1(C)C. The molecule has 0 saturated heterocycles. The van der Waals surface area contributed by atoms with Crippen molar-refractivity contribution in [2.24, 2.45) is 21.8 Å². The summed E-state index contributed by atoms with van der Waals surface area (Å²) in [4.78, 5) is 3.23. The minimum atomic E-state index is 0.340. The van der Waals surface area contributed by atoms with Crippen molar-refractivity contribution in [3.8, 4) is 0 Å². The van der Waals surface area contributed by atoms with Gasteiger partial charge in [-0.1, -0.05) is 27.7 Å². The van der Waals surface area contributed by atoms with Gasteiger partial charge in [0.2, 0.25) is 0 Å². The quantitative estimate of drug-likeness (QED) is 0.823. The van der Waals surface area contributed by atoms with E-state index in [0.717, 1.165) is 12.2 Å². The number of nitrogens with zero attached hydrogens (tertiary/aromatic N) is 1. The van der Waals surface area contributed by atoms with Crippen molar-refractivity contribution < 1.29 is 0 Å². The molecule has 1 aromatic rings. The van der Waals surface area contributed by atoms with Crippen LogP contribution in [-0.4, -0.2) is 17.2 Å². The molecule has 1 aromatic heterocycles. The molecule has 2 N–H and O–H groups in total. The Kier molecular flexibility index (Phi) is 2.25. The van der Waals surface area contributed by atoms with Crippen LogP contribution < -0.4 is 5.43 Å². The van der Waals surface area contributed by atoms with Crippen LogP contribution in [0.4, 0.5) is 0 Å². The van der Waals surface area contributed by atoms with Gasteiger partial charge in [0.1, 0.15) is 0 Å². The highest BCUT2D eigenvalue weighted by Crippen LogP contribution is 2.69. The Morgan fingerprint density at radius 3 is 2.56 bits per heavy atom. The normalized spacial score (nSPS) is 27.1. The van der Waals surface area contributed by atoms with Gasteiger partial charge in [-0.25, -0.2) is 0 Å². The molecule has 0 bridgehead atoms. The fraction of sp³-hybridized carbons (Fsp3) is 0.533. The van der Waals surface area contributed by atoms with Gasteiger partial charge in [0.05, 0.1) is 12.3 Å². The standard InChI is InChI=1S/C15H21N3/c1-14(2)13(15(14,3)4)12-10(9-17-18-12)8-11-6-5-7-16-11/h5-8,13,16-17H,9H2,1-4H3. The molecular weight excluding hydrogens is 222 g/mol. The van der Waals surface area contributed by atoms with Gasteiger partial charge in [0.15, 0.2) is 0 Å². The number of hydrogen-bond acceptors (Lipinski definition) is 2. The molecule has 1 fully saturated rings. The molecule has 18 heavy (non-hydrogen) atoms. The summed E-state index contributed by atoms with van der Waals surface area (Å²) in [6.07, 6.45) is 4.17. The highest BCUT2D eigenvalue weighted by atomic mass is 15.3. The number of hydrazone groups is 1. The van der Waals surface area contributed by atoms with Crippen LogP contribution in [0.15, 0.2) is 29.0 Å². The molecular formula is C15H21N3. The van der Waals surface area contributed by atoms with E-state index in [4.69, 9.17) is 0 Å². The minimum absolute atomic E-state index is 0.340. The molecule has 0 unspecified atom stereocenters. The summed E-state index contributed by atoms with van der Waals surface area (Å²) in [5.41, 5.74) is 7.54. The number of hydrogen-bond donors (Lipinski definition) is 2. The predicted octanol–water partition coefficient (Wildman–Crippen LogP) is 3.04. The second-order valence-electron chi connectivity index (χ2n) is 6.50. The molecule has 0 spiro atoms. The molecule has 0 radical (unpaired) electrons. The van der Waals surface area contributed by atoms with E-state index in [1.165, 1.54) is 11.3 Å². The number of H-pyrrole nitrogens is 1. The van der Waals surface area contributed by atoms with E-state index in [2.05, 4.69) is 55.3 Å². The Bertz CT molecular complexity index is 504. The van der Waals surface area contributed by atoms with Crippen LogP contribution in [0.1, 0.15) is 33.4 Å². The summed E-state index contributed by atoms with van der Waals surface area (Å²) in [7, 11) is 0. The third kappa shape index (κ3) is 1.46. The van der Waals surface area contributed by atoms with Crippen molar-refractivity contribution in [1.82, 2.24) is 10.4 Å². The molecule has 0 atom stereocenters. The molecule has 1 saturated carbocycles. The molecule has 2 heterocycles. The first-order valence-electron chi connectivity index (χ1n) is 6.59. The summed E-state index contributed by atoms with van der Waals surface area (Å²) in [5, 5.41) is 4.54. The van der Waals surface area contributed by atoms with Gasteiger partial charge in [0.25, 0.3) is 0 Å². The van der Waals surface area contributed by atoms with Crippen molar-refractivity contribution in [3.63, 3.8) is 0 Å². The Morgan fingerprint density at radius 1 is 1.28 bits per heavy atom. The van der Waals surface area contributed by atoms with Crippen molar-refractivity contribution in [2.75, 3.05) is 6.54 Å². The lowest BCUT2D eigenvalue weighted by Gasteiger charge is -2.03. The first kappa shape index (κ1) is 11.6. The van der Waals surface area contributed by atoms with Crippen LogP contribution in [0.3, 0.4) is 0 Å². The zero-order valence-corrected chi connectivity index (χ0v) is 11.5. The highest BCUT2D eigenvalue weighted by Gasteiger charge is 2.67. The third-order valence-electron chi connectivity index (χ3n) is 5.04. The number of aromatic nitrogens is 1. The minimum Gasteiger partial charge on any atom is -0.362 e. The van der Waals surface area contributed by atoms with Gasteiger partial charge in [0, 0.05) is 17.8 Å². The van der Waals surface area contributed by atoms with Crippen LogP contribution in [0.2, 0.25) is 0 Å². The van der Waals surface area contributed by atoms with Crippen LogP contribution in [0, 0.1) is 16.7 Å². The van der Waals surface area contributed by atoms with Crippen molar-refractivity contribution in [1.29, 1.82) is 0 Å². The summed E-state index contributed by atoms with van der Waals surface area (Å²) in [6.45, 7) is 10.2. The van der Waals surface area contributed by atoms with E-state index >= 15 is 0 Å². The molecule has 0 amide bonds. The predicted molar refractivity (Wildman–Crippen MR) is 75.3 cm³/mol. The van der Waals surface area contributed by atoms with Crippen LogP contribution >= 0.6 is 0 Å². The average molecular weight is 243 g/mol.